The molecular formula is C24H33FIN3O3. The number of hydrogen-bond acceptors (Lipinski definition) is 4. The van der Waals surface area contributed by atoms with Crippen molar-refractivity contribution in [3.05, 3.63) is 65.5 Å². The number of hydrogen-bond donors (Lipinski definition) is 1. The van der Waals surface area contributed by atoms with E-state index in [9.17, 15) is 4.39 Å². The van der Waals surface area contributed by atoms with E-state index in [4.69, 9.17) is 14.2 Å². The maximum absolute atomic E-state index is 13.0. The fraction of sp³-hybridized carbons (Fsp3) is 0.458. The molecule has 32 heavy (non-hydrogen) atoms. The summed E-state index contributed by atoms with van der Waals surface area (Å²) in [6.07, 6.45) is 2.26. The lowest BCUT2D eigenvalue weighted by atomic mass is 10.1. The second-order valence-electron chi connectivity index (χ2n) is 7.56. The lowest BCUT2D eigenvalue weighted by molar-refractivity contribution is -0.0390. The molecule has 0 aliphatic carbocycles. The maximum Gasteiger partial charge on any atom is 0.193 e. The molecule has 0 saturated carbocycles. The van der Waals surface area contributed by atoms with E-state index in [1.807, 2.05) is 11.9 Å². The summed E-state index contributed by atoms with van der Waals surface area (Å²) >= 11 is 0. The van der Waals surface area contributed by atoms with Gasteiger partial charge in [-0.1, -0.05) is 24.3 Å². The molecular weight excluding hydrogens is 524 g/mol. The largest absolute Gasteiger partial charge is 0.492 e. The molecule has 8 heteroatoms. The van der Waals surface area contributed by atoms with Crippen molar-refractivity contribution in [1.29, 1.82) is 0 Å². The number of guanidine groups is 1. The van der Waals surface area contributed by atoms with Crippen molar-refractivity contribution < 1.29 is 18.6 Å². The van der Waals surface area contributed by atoms with Crippen molar-refractivity contribution in [1.82, 2.24) is 10.2 Å². The van der Waals surface area contributed by atoms with Gasteiger partial charge < -0.3 is 24.4 Å². The molecule has 1 aliphatic heterocycles. The van der Waals surface area contributed by atoms with Gasteiger partial charge in [-0.3, -0.25) is 4.99 Å². The molecule has 1 saturated heterocycles. The molecule has 0 aromatic heterocycles. The SMILES string of the molecule is CN=C(NCc1ccc(COC2CCOCC2)cc1)N(C)CCOc1ccc(F)cc1.I. The number of ether oxygens (including phenoxy) is 3. The zero-order valence-corrected chi connectivity index (χ0v) is 21.1. The highest BCUT2D eigenvalue weighted by molar-refractivity contribution is 14.0. The monoisotopic (exact) mass is 557 g/mol. The quantitative estimate of drug-likeness (QED) is 0.284. The van der Waals surface area contributed by atoms with Crippen LogP contribution in [0.25, 0.3) is 0 Å². The fourth-order valence-corrected chi connectivity index (χ4v) is 3.31. The zero-order valence-electron chi connectivity index (χ0n) is 18.8. The lowest BCUT2D eigenvalue weighted by Gasteiger charge is -2.23. The lowest BCUT2D eigenvalue weighted by Crippen LogP contribution is -2.40. The van der Waals surface area contributed by atoms with Crippen LogP contribution in [0, 0.1) is 5.82 Å². The normalized spacial score (nSPS) is 14.5. The number of aliphatic imine (C=N–C) groups is 1. The van der Waals surface area contributed by atoms with Crippen LogP contribution in [0.4, 0.5) is 4.39 Å². The van der Waals surface area contributed by atoms with Crippen molar-refractivity contribution in [2.75, 3.05) is 40.5 Å². The molecule has 176 valence electrons. The Morgan fingerprint density at radius 3 is 2.41 bits per heavy atom. The van der Waals surface area contributed by atoms with Crippen molar-refractivity contribution in [3.8, 4) is 5.75 Å². The molecule has 1 heterocycles. The topological polar surface area (TPSA) is 55.3 Å². The number of halogens is 2. The zero-order chi connectivity index (χ0) is 21.9. The van der Waals surface area contributed by atoms with E-state index in [1.165, 1.54) is 23.3 Å². The Morgan fingerprint density at radius 2 is 1.75 bits per heavy atom. The highest BCUT2D eigenvalue weighted by Gasteiger charge is 2.14. The van der Waals surface area contributed by atoms with E-state index >= 15 is 0 Å². The van der Waals surface area contributed by atoms with Crippen molar-refractivity contribution in [2.45, 2.75) is 32.1 Å². The summed E-state index contributed by atoms with van der Waals surface area (Å²) in [5.74, 6) is 1.17. The molecule has 3 rings (SSSR count). The first-order valence-electron chi connectivity index (χ1n) is 10.7. The molecule has 0 radical (unpaired) electrons. The van der Waals surface area contributed by atoms with Crippen LogP contribution in [0.3, 0.4) is 0 Å². The highest BCUT2D eigenvalue weighted by Crippen LogP contribution is 2.14. The van der Waals surface area contributed by atoms with Crippen molar-refractivity contribution in [3.63, 3.8) is 0 Å². The first-order chi connectivity index (χ1) is 15.1. The van der Waals surface area contributed by atoms with E-state index in [1.54, 1.807) is 19.2 Å². The molecule has 0 amide bonds. The Kier molecular flexibility index (Phi) is 11.8. The predicted molar refractivity (Wildman–Crippen MR) is 135 cm³/mol. The number of rotatable bonds is 9. The van der Waals surface area contributed by atoms with Crippen LogP contribution in [-0.2, 0) is 22.6 Å². The number of benzene rings is 2. The van der Waals surface area contributed by atoms with Crippen molar-refractivity contribution in [2.24, 2.45) is 4.99 Å². The smallest absolute Gasteiger partial charge is 0.193 e. The van der Waals surface area contributed by atoms with Crippen LogP contribution in [0.1, 0.15) is 24.0 Å². The van der Waals surface area contributed by atoms with E-state index in [0.29, 0.717) is 38.2 Å². The number of likely N-dealkylation sites (N-methyl/N-ethyl adjacent to an activating group) is 1. The molecule has 0 spiro atoms. The van der Waals surface area contributed by atoms with E-state index in [-0.39, 0.29) is 29.8 Å². The average molecular weight is 557 g/mol. The van der Waals surface area contributed by atoms with Gasteiger partial charge in [-0.15, -0.1) is 24.0 Å². The third-order valence-electron chi connectivity index (χ3n) is 5.21. The Bertz CT molecular complexity index is 812. The van der Waals surface area contributed by atoms with Crippen LogP contribution in [0.15, 0.2) is 53.5 Å². The van der Waals surface area contributed by atoms with Gasteiger partial charge in [0.1, 0.15) is 18.2 Å². The van der Waals surface area contributed by atoms with E-state index in [0.717, 1.165) is 32.0 Å². The Hall–Kier alpha value is -1.91. The molecule has 0 bridgehead atoms. The summed E-state index contributed by atoms with van der Waals surface area (Å²) in [6.45, 7) is 4.03. The van der Waals surface area contributed by atoms with Gasteiger partial charge in [-0.2, -0.15) is 0 Å². The van der Waals surface area contributed by atoms with Gasteiger partial charge in [0.15, 0.2) is 5.96 Å². The third kappa shape index (κ3) is 8.91. The first-order valence-corrected chi connectivity index (χ1v) is 10.7. The summed E-state index contributed by atoms with van der Waals surface area (Å²) in [6, 6.07) is 14.5. The summed E-state index contributed by atoms with van der Waals surface area (Å²) in [5, 5.41) is 3.37. The highest BCUT2D eigenvalue weighted by atomic mass is 127. The second kappa shape index (κ2) is 14.3. The summed E-state index contributed by atoms with van der Waals surface area (Å²) in [7, 11) is 3.72. The van der Waals surface area contributed by atoms with E-state index in [2.05, 4.69) is 34.6 Å². The van der Waals surface area contributed by atoms with Gasteiger partial charge in [0.05, 0.1) is 19.3 Å². The second-order valence-corrected chi connectivity index (χ2v) is 7.56. The minimum Gasteiger partial charge on any atom is -0.492 e. The average Bonchev–Trinajstić information content (AvgIpc) is 2.81. The van der Waals surface area contributed by atoms with Gasteiger partial charge in [-0.05, 0) is 48.2 Å². The van der Waals surface area contributed by atoms with Crippen LogP contribution in [0.5, 0.6) is 5.75 Å². The Labute approximate surface area is 207 Å². The summed E-state index contributed by atoms with van der Waals surface area (Å²) < 4.78 is 30.0. The van der Waals surface area contributed by atoms with Gasteiger partial charge in [0, 0.05) is 33.9 Å². The summed E-state index contributed by atoms with van der Waals surface area (Å²) in [4.78, 5) is 6.33. The molecule has 0 unspecified atom stereocenters. The van der Waals surface area contributed by atoms with Crippen molar-refractivity contribution >= 4 is 29.9 Å². The Morgan fingerprint density at radius 1 is 1.09 bits per heavy atom. The maximum atomic E-state index is 13.0. The predicted octanol–water partition coefficient (Wildman–Crippen LogP) is 4.23. The third-order valence-corrected chi connectivity index (χ3v) is 5.21. The van der Waals surface area contributed by atoms with Crippen LogP contribution in [-0.4, -0.2) is 57.4 Å². The molecule has 2 aromatic carbocycles. The van der Waals surface area contributed by atoms with E-state index < -0.39 is 0 Å². The van der Waals surface area contributed by atoms with Gasteiger partial charge in [0.25, 0.3) is 0 Å². The fourth-order valence-electron chi connectivity index (χ4n) is 3.31. The van der Waals surface area contributed by atoms with Gasteiger partial charge >= 0.3 is 0 Å². The van der Waals surface area contributed by atoms with Crippen LogP contribution >= 0.6 is 24.0 Å². The standard InChI is InChI=1S/C24H32FN3O3.HI/c1-26-24(28(2)13-16-30-22-9-7-21(25)8-10-22)27-17-19-3-5-20(6-4-19)18-31-23-11-14-29-15-12-23;/h3-10,23H,11-18H2,1-2H3,(H,26,27);1H. The molecule has 1 aliphatic rings. The number of nitrogens with zero attached hydrogens (tertiary/aromatic N) is 2. The molecule has 1 fully saturated rings. The molecule has 1 N–H and O–H groups in total. The minimum absolute atomic E-state index is 0. The first kappa shape index (κ1) is 26.3. The molecule has 6 nitrogen and oxygen atoms in total. The van der Waals surface area contributed by atoms with Gasteiger partial charge in [-0.25, -0.2) is 4.39 Å². The molecule has 2 aromatic rings. The molecule has 0 atom stereocenters. The van der Waals surface area contributed by atoms with Crippen LogP contribution < -0.4 is 10.1 Å². The van der Waals surface area contributed by atoms with Gasteiger partial charge in [0.2, 0.25) is 0 Å². The minimum atomic E-state index is -0.269. The van der Waals surface area contributed by atoms with Crippen LogP contribution in [0.2, 0.25) is 0 Å². The Balaban J connectivity index is 0.00000363. The summed E-state index contributed by atoms with van der Waals surface area (Å²) in [5.41, 5.74) is 2.35. The number of nitrogens with one attached hydrogen (secondary N) is 1.